The molecule has 2 N–H and O–H groups in total. The third-order valence-electron chi connectivity index (χ3n) is 4.15. The van der Waals surface area contributed by atoms with E-state index in [2.05, 4.69) is 31.6 Å². The van der Waals surface area contributed by atoms with Gasteiger partial charge in [0.15, 0.2) is 0 Å². The van der Waals surface area contributed by atoms with Crippen molar-refractivity contribution in [1.82, 2.24) is 5.32 Å². The van der Waals surface area contributed by atoms with Crippen LogP contribution < -0.4 is 15.4 Å². The predicted molar refractivity (Wildman–Crippen MR) is 110 cm³/mol. The lowest BCUT2D eigenvalue weighted by atomic mass is 10.2. The first-order valence-corrected chi connectivity index (χ1v) is 9.57. The van der Waals surface area contributed by atoms with Gasteiger partial charge in [-0.25, -0.2) is 4.99 Å². The molecule has 1 atom stereocenters. The van der Waals surface area contributed by atoms with Gasteiger partial charge in [-0.2, -0.15) is 0 Å². The molecule has 1 amide bonds. The van der Waals surface area contributed by atoms with Crippen molar-refractivity contribution < 1.29 is 14.3 Å². The Hall–Kier alpha value is -2.38. The molecular formula is C20H22BrN3O3. The molecule has 1 fully saturated rings. The van der Waals surface area contributed by atoms with E-state index in [4.69, 9.17) is 9.47 Å². The minimum atomic E-state index is -0.260. The Morgan fingerprint density at radius 3 is 2.81 bits per heavy atom. The summed E-state index contributed by atoms with van der Waals surface area (Å²) in [4.78, 5) is 17.2. The van der Waals surface area contributed by atoms with E-state index in [9.17, 15) is 4.79 Å². The lowest BCUT2D eigenvalue weighted by molar-refractivity contribution is 0.0975. The Kier molecular flexibility index (Phi) is 6.84. The molecule has 2 aromatic rings. The summed E-state index contributed by atoms with van der Waals surface area (Å²) in [7, 11) is 1.57. The highest BCUT2D eigenvalue weighted by atomic mass is 79.9. The quantitative estimate of drug-likeness (QED) is 0.557. The van der Waals surface area contributed by atoms with Crippen molar-refractivity contribution in [3.63, 3.8) is 0 Å². The summed E-state index contributed by atoms with van der Waals surface area (Å²) in [6, 6.07) is 14.6. The molecule has 2 aromatic carbocycles. The number of anilines is 1. The van der Waals surface area contributed by atoms with Crippen LogP contribution in [-0.2, 0) is 4.74 Å². The van der Waals surface area contributed by atoms with Gasteiger partial charge in [-0.1, -0.05) is 22.0 Å². The molecule has 0 saturated carbocycles. The Morgan fingerprint density at radius 2 is 2.11 bits per heavy atom. The van der Waals surface area contributed by atoms with Crippen molar-refractivity contribution in [2.45, 2.75) is 18.9 Å². The van der Waals surface area contributed by atoms with E-state index in [0.717, 1.165) is 29.6 Å². The van der Waals surface area contributed by atoms with Crippen LogP contribution in [-0.4, -0.2) is 38.2 Å². The summed E-state index contributed by atoms with van der Waals surface area (Å²) in [5.41, 5.74) is 1.33. The number of ether oxygens (including phenoxy) is 2. The summed E-state index contributed by atoms with van der Waals surface area (Å²) in [5.74, 6) is 0.756. The number of rotatable bonds is 5. The monoisotopic (exact) mass is 431 g/mol. The van der Waals surface area contributed by atoms with E-state index in [1.54, 1.807) is 31.4 Å². The smallest absolute Gasteiger partial charge is 0.258 e. The third-order valence-corrected chi connectivity index (χ3v) is 4.68. The Balaban J connectivity index is 1.74. The van der Waals surface area contributed by atoms with E-state index in [1.165, 1.54) is 0 Å². The summed E-state index contributed by atoms with van der Waals surface area (Å²) in [5, 5.41) is 6.02. The standard InChI is InChI=1S/C20H22BrN3O3/c1-26-17-5-2-4-14(12-17)19(25)24-20(22-13-18-6-3-11-27-18)23-16-9-7-15(21)8-10-16/h2,4-5,7-10,12,18H,3,6,11,13H2,1H3,(H2,22,23,24,25)/t18-/m1/s1. The summed E-state index contributed by atoms with van der Waals surface area (Å²) in [6.45, 7) is 1.27. The number of amides is 1. The predicted octanol–water partition coefficient (Wildman–Crippen LogP) is 3.83. The van der Waals surface area contributed by atoms with Crippen molar-refractivity contribution in [3.8, 4) is 5.75 Å². The maximum absolute atomic E-state index is 12.6. The summed E-state index contributed by atoms with van der Waals surface area (Å²) in [6.07, 6.45) is 2.13. The molecule has 27 heavy (non-hydrogen) atoms. The number of hydrogen-bond donors (Lipinski definition) is 2. The van der Waals surface area contributed by atoms with Crippen LogP contribution >= 0.6 is 15.9 Å². The molecule has 0 aromatic heterocycles. The van der Waals surface area contributed by atoms with Gasteiger partial charge in [-0.15, -0.1) is 0 Å². The van der Waals surface area contributed by atoms with E-state index in [0.29, 0.717) is 23.8 Å². The van der Waals surface area contributed by atoms with Gasteiger partial charge in [0.05, 0.1) is 19.8 Å². The molecule has 0 aliphatic carbocycles. The van der Waals surface area contributed by atoms with Gasteiger partial charge in [0.1, 0.15) is 5.75 Å². The van der Waals surface area contributed by atoms with E-state index >= 15 is 0 Å². The summed E-state index contributed by atoms with van der Waals surface area (Å²) < 4.78 is 11.8. The first kappa shape index (κ1) is 19.4. The number of aliphatic imine (C=N–C) groups is 1. The fourth-order valence-electron chi connectivity index (χ4n) is 2.71. The second kappa shape index (κ2) is 9.53. The molecular weight excluding hydrogens is 410 g/mol. The zero-order valence-electron chi connectivity index (χ0n) is 15.1. The van der Waals surface area contributed by atoms with Gasteiger partial charge in [-0.3, -0.25) is 10.1 Å². The lowest BCUT2D eigenvalue weighted by Gasteiger charge is -2.14. The average Bonchev–Trinajstić information content (AvgIpc) is 3.21. The fraction of sp³-hybridized carbons (Fsp3) is 0.300. The minimum Gasteiger partial charge on any atom is -0.497 e. The molecule has 0 radical (unpaired) electrons. The maximum atomic E-state index is 12.6. The van der Waals surface area contributed by atoms with Gasteiger partial charge in [-0.05, 0) is 55.3 Å². The Morgan fingerprint density at radius 1 is 1.30 bits per heavy atom. The number of nitrogens with zero attached hydrogens (tertiary/aromatic N) is 1. The van der Waals surface area contributed by atoms with Crippen molar-refractivity contribution in [1.29, 1.82) is 0 Å². The van der Waals surface area contributed by atoms with Crippen LogP contribution in [0.15, 0.2) is 58.0 Å². The van der Waals surface area contributed by atoms with Crippen LogP contribution in [0.2, 0.25) is 0 Å². The summed E-state index contributed by atoms with van der Waals surface area (Å²) >= 11 is 3.42. The number of carbonyl (C=O) groups excluding carboxylic acids is 1. The van der Waals surface area contributed by atoms with Gasteiger partial charge in [0, 0.05) is 22.3 Å². The highest BCUT2D eigenvalue weighted by Gasteiger charge is 2.16. The maximum Gasteiger partial charge on any atom is 0.258 e. The lowest BCUT2D eigenvalue weighted by Crippen LogP contribution is -2.36. The van der Waals surface area contributed by atoms with Gasteiger partial charge >= 0.3 is 0 Å². The van der Waals surface area contributed by atoms with E-state index in [1.807, 2.05) is 24.3 Å². The van der Waals surface area contributed by atoms with Crippen LogP contribution in [0, 0.1) is 0 Å². The second-order valence-electron chi connectivity index (χ2n) is 6.14. The molecule has 6 nitrogen and oxygen atoms in total. The van der Waals surface area contributed by atoms with Crippen LogP contribution in [0.5, 0.6) is 5.75 Å². The minimum absolute atomic E-state index is 0.0976. The Labute approximate surface area is 167 Å². The van der Waals surface area contributed by atoms with Crippen LogP contribution in [0.1, 0.15) is 23.2 Å². The largest absolute Gasteiger partial charge is 0.497 e. The number of benzene rings is 2. The third kappa shape index (κ3) is 5.80. The van der Waals surface area contributed by atoms with Gasteiger partial charge < -0.3 is 14.8 Å². The van der Waals surface area contributed by atoms with Gasteiger partial charge in [0.2, 0.25) is 5.96 Å². The van der Waals surface area contributed by atoms with Crippen molar-refractivity contribution >= 4 is 33.5 Å². The molecule has 0 spiro atoms. The van der Waals surface area contributed by atoms with Crippen molar-refractivity contribution in [3.05, 3.63) is 58.6 Å². The fourth-order valence-corrected chi connectivity index (χ4v) is 2.97. The zero-order chi connectivity index (χ0) is 19.1. The topological polar surface area (TPSA) is 72.0 Å². The van der Waals surface area contributed by atoms with Crippen molar-refractivity contribution in [2.75, 3.05) is 25.6 Å². The highest BCUT2D eigenvalue weighted by molar-refractivity contribution is 9.10. The highest BCUT2D eigenvalue weighted by Crippen LogP contribution is 2.16. The molecule has 0 bridgehead atoms. The first-order chi connectivity index (χ1) is 13.1. The molecule has 1 aliphatic heterocycles. The number of hydrogen-bond acceptors (Lipinski definition) is 4. The Bertz CT molecular complexity index is 802. The van der Waals surface area contributed by atoms with Crippen molar-refractivity contribution in [2.24, 2.45) is 4.99 Å². The second-order valence-corrected chi connectivity index (χ2v) is 7.06. The number of nitrogens with one attached hydrogen (secondary N) is 2. The number of methoxy groups -OCH3 is 1. The SMILES string of the molecule is COc1cccc(C(=O)NC(=NC[C@H]2CCCO2)Nc2ccc(Br)cc2)c1. The van der Waals surface area contributed by atoms with Crippen LogP contribution in [0.4, 0.5) is 5.69 Å². The number of guanidine groups is 1. The normalized spacial score (nSPS) is 16.8. The molecule has 1 aliphatic rings. The van der Waals surface area contributed by atoms with Crippen LogP contribution in [0.25, 0.3) is 0 Å². The zero-order valence-corrected chi connectivity index (χ0v) is 16.7. The molecule has 142 valence electrons. The van der Waals surface area contributed by atoms with E-state index in [-0.39, 0.29) is 12.0 Å². The number of halogens is 1. The molecule has 3 rings (SSSR count). The molecule has 0 unspecified atom stereocenters. The molecule has 7 heteroatoms. The average molecular weight is 432 g/mol. The van der Waals surface area contributed by atoms with E-state index < -0.39 is 0 Å². The molecule has 1 heterocycles. The van der Waals surface area contributed by atoms with Gasteiger partial charge in [0.25, 0.3) is 5.91 Å². The van der Waals surface area contributed by atoms with Crippen LogP contribution in [0.3, 0.4) is 0 Å². The number of carbonyl (C=O) groups is 1. The first-order valence-electron chi connectivity index (χ1n) is 8.78. The molecule has 1 saturated heterocycles.